The highest BCUT2D eigenvalue weighted by atomic mass is 35.5. The van der Waals surface area contributed by atoms with Crippen LogP contribution in [-0.4, -0.2) is 16.1 Å². The predicted molar refractivity (Wildman–Crippen MR) is 98.4 cm³/mol. The monoisotopic (exact) mass is 358 g/mol. The largest absolute Gasteiger partial charge is 0.481 e. The summed E-state index contributed by atoms with van der Waals surface area (Å²) in [6, 6.07) is 15.3. The molecule has 1 heterocycles. The topological polar surface area (TPSA) is 62.2 Å². The second kappa shape index (κ2) is 7.03. The standard InChI is InChI=1S/C18H15ClN2O2S/c1-11-7-8-13(9-14(11)19)20-18-21-17(12-5-3-2-4-6-12)15(24-18)10-16(22)23/h2-9H,10H2,1H3,(H,20,21)(H,22,23). The van der Waals surface area contributed by atoms with Gasteiger partial charge < -0.3 is 10.4 Å². The molecule has 2 N–H and O–H groups in total. The highest BCUT2D eigenvalue weighted by Crippen LogP contribution is 2.33. The van der Waals surface area contributed by atoms with Crippen molar-refractivity contribution < 1.29 is 9.90 Å². The van der Waals surface area contributed by atoms with Crippen LogP contribution in [0.5, 0.6) is 0 Å². The van der Waals surface area contributed by atoms with Crippen molar-refractivity contribution in [2.45, 2.75) is 13.3 Å². The minimum atomic E-state index is -0.874. The Labute approximate surface area is 148 Å². The number of aromatic nitrogens is 1. The van der Waals surface area contributed by atoms with E-state index in [2.05, 4.69) is 10.3 Å². The first-order valence-electron chi connectivity index (χ1n) is 7.33. The lowest BCUT2D eigenvalue weighted by molar-refractivity contribution is -0.136. The number of aliphatic carboxylic acids is 1. The first kappa shape index (κ1) is 16.5. The van der Waals surface area contributed by atoms with Gasteiger partial charge in [-0.2, -0.15) is 0 Å². The SMILES string of the molecule is Cc1ccc(Nc2nc(-c3ccccc3)c(CC(=O)O)s2)cc1Cl. The van der Waals surface area contributed by atoms with Crippen molar-refractivity contribution in [1.29, 1.82) is 0 Å². The van der Waals surface area contributed by atoms with Gasteiger partial charge >= 0.3 is 5.97 Å². The second-order valence-corrected chi connectivity index (χ2v) is 6.81. The zero-order chi connectivity index (χ0) is 17.1. The van der Waals surface area contributed by atoms with Gasteiger partial charge in [-0.25, -0.2) is 4.98 Å². The maximum Gasteiger partial charge on any atom is 0.308 e. The van der Waals surface area contributed by atoms with Crippen molar-refractivity contribution in [3.8, 4) is 11.3 Å². The molecular formula is C18H15ClN2O2S. The number of thiazole rings is 1. The number of carbonyl (C=O) groups is 1. The van der Waals surface area contributed by atoms with E-state index < -0.39 is 5.97 Å². The van der Waals surface area contributed by atoms with E-state index in [1.165, 1.54) is 11.3 Å². The van der Waals surface area contributed by atoms with Crippen LogP contribution in [0.4, 0.5) is 10.8 Å². The van der Waals surface area contributed by atoms with Crippen molar-refractivity contribution in [3.05, 3.63) is 64.0 Å². The molecular weight excluding hydrogens is 344 g/mol. The van der Waals surface area contributed by atoms with Gasteiger partial charge in [0.2, 0.25) is 0 Å². The highest BCUT2D eigenvalue weighted by molar-refractivity contribution is 7.16. The molecule has 1 aromatic heterocycles. The fourth-order valence-electron chi connectivity index (χ4n) is 2.28. The lowest BCUT2D eigenvalue weighted by Crippen LogP contribution is -1.99. The summed E-state index contributed by atoms with van der Waals surface area (Å²) in [4.78, 5) is 16.4. The number of hydrogen-bond donors (Lipinski definition) is 2. The quantitative estimate of drug-likeness (QED) is 0.662. The molecule has 0 atom stereocenters. The zero-order valence-corrected chi connectivity index (χ0v) is 14.5. The Morgan fingerprint density at radius 3 is 2.67 bits per heavy atom. The van der Waals surface area contributed by atoms with E-state index >= 15 is 0 Å². The third kappa shape index (κ3) is 3.75. The third-order valence-corrected chi connectivity index (χ3v) is 4.86. The molecule has 6 heteroatoms. The van der Waals surface area contributed by atoms with E-state index in [1.807, 2.05) is 55.5 Å². The van der Waals surface area contributed by atoms with Crippen LogP contribution in [0, 0.1) is 6.92 Å². The summed E-state index contributed by atoms with van der Waals surface area (Å²) in [7, 11) is 0. The van der Waals surface area contributed by atoms with E-state index in [0.29, 0.717) is 15.8 Å². The lowest BCUT2D eigenvalue weighted by Gasteiger charge is -2.04. The maximum atomic E-state index is 11.1. The first-order valence-corrected chi connectivity index (χ1v) is 8.52. The van der Waals surface area contributed by atoms with Crippen LogP contribution < -0.4 is 5.32 Å². The van der Waals surface area contributed by atoms with Gasteiger partial charge in [0, 0.05) is 21.2 Å². The molecule has 0 fully saturated rings. The van der Waals surface area contributed by atoms with Crippen molar-refractivity contribution in [1.82, 2.24) is 4.98 Å². The van der Waals surface area contributed by atoms with Gasteiger partial charge in [-0.1, -0.05) is 48.0 Å². The van der Waals surface area contributed by atoms with Crippen LogP contribution in [0.3, 0.4) is 0 Å². The smallest absolute Gasteiger partial charge is 0.308 e. The Hall–Kier alpha value is -2.37. The predicted octanol–water partition coefficient (Wildman–Crippen LogP) is 5.14. The number of aryl methyl sites for hydroxylation is 1. The van der Waals surface area contributed by atoms with E-state index in [0.717, 1.165) is 21.7 Å². The summed E-state index contributed by atoms with van der Waals surface area (Å²) < 4.78 is 0. The highest BCUT2D eigenvalue weighted by Gasteiger charge is 2.16. The number of rotatable bonds is 5. The minimum absolute atomic E-state index is 0.0573. The molecule has 0 saturated heterocycles. The second-order valence-electron chi connectivity index (χ2n) is 5.32. The van der Waals surface area contributed by atoms with Crippen LogP contribution in [0.1, 0.15) is 10.4 Å². The van der Waals surface area contributed by atoms with Gasteiger partial charge in [-0.05, 0) is 24.6 Å². The van der Waals surface area contributed by atoms with E-state index in [4.69, 9.17) is 16.7 Å². The summed E-state index contributed by atoms with van der Waals surface area (Å²) in [5.41, 5.74) is 3.42. The minimum Gasteiger partial charge on any atom is -0.481 e. The number of carboxylic acids is 1. The molecule has 0 aliphatic rings. The molecule has 0 aliphatic carbocycles. The number of benzene rings is 2. The van der Waals surface area contributed by atoms with Gasteiger partial charge in [0.1, 0.15) is 0 Å². The fraction of sp³-hybridized carbons (Fsp3) is 0.111. The van der Waals surface area contributed by atoms with Crippen LogP contribution >= 0.6 is 22.9 Å². The molecule has 4 nitrogen and oxygen atoms in total. The van der Waals surface area contributed by atoms with Gasteiger partial charge in [0.25, 0.3) is 0 Å². The van der Waals surface area contributed by atoms with Crippen LogP contribution in [0.25, 0.3) is 11.3 Å². The van der Waals surface area contributed by atoms with Gasteiger partial charge in [0.05, 0.1) is 12.1 Å². The van der Waals surface area contributed by atoms with E-state index in [9.17, 15) is 4.79 Å². The number of carboxylic acid groups (broad SMARTS) is 1. The van der Waals surface area contributed by atoms with Gasteiger partial charge in [0.15, 0.2) is 5.13 Å². The lowest BCUT2D eigenvalue weighted by atomic mass is 10.1. The zero-order valence-electron chi connectivity index (χ0n) is 12.9. The number of anilines is 2. The van der Waals surface area contributed by atoms with E-state index in [-0.39, 0.29) is 6.42 Å². The Morgan fingerprint density at radius 2 is 2.00 bits per heavy atom. The Kier molecular flexibility index (Phi) is 4.83. The molecule has 3 aromatic rings. The number of nitrogens with one attached hydrogen (secondary N) is 1. The number of hydrogen-bond acceptors (Lipinski definition) is 4. The molecule has 0 saturated carbocycles. The molecule has 0 spiro atoms. The molecule has 0 unspecified atom stereocenters. The molecule has 122 valence electrons. The molecule has 0 aliphatic heterocycles. The summed E-state index contributed by atoms with van der Waals surface area (Å²) >= 11 is 7.49. The number of halogens is 1. The van der Waals surface area contributed by atoms with Gasteiger partial charge in [-0.3, -0.25) is 4.79 Å². The van der Waals surface area contributed by atoms with Crippen LogP contribution in [-0.2, 0) is 11.2 Å². The van der Waals surface area contributed by atoms with Crippen molar-refractivity contribution in [2.75, 3.05) is 5.32 Å². The van der Waals surface area contributed by atoms with E-state index in [1.54, 1.807) is 0 Å². The third-order valence-electron chi connectivity index (χ3n) is 3.48. The Bertz CT molecular complexity index is 878. The molecule has 3 rings (SSSR count). The Balaban J connectivity index is 1.95. The first-order chi connectivity index (χ1) is 11.5. The molecule has 0 amide bonds. The molecule has 24 heavy (non-hydrogen) atoms. The Morgan fingerprint density at radius 1 is 1.25 bits per heavy atom. The summed E-state index contributed by atoms with van der Waals surface area (Å²) in [6.45, 7) is 1.94. The van der Waals surface area contributed by atoms with Crippen LogP contribution in [0.15, 0.2) is 48.5 Å². The molecule has 2 aromatic carbocycles. The van der Waals surface area contributed by atoms with Crippen LogP contribution in [0.2, 0.25) is 5.02 Å². The van der Waals surface area contributed by atoms with Crippen molar-refractivity contribution in [3.63, 3.8) is 0 Å². The maximum absolute atomic E-state index is 11.1. The number of nitrogens with zero attached hydrogens (tertiary/aromatic N) is 1. The van der Waals surface area contributed by atoms with Crippen molar-refractivity contribution >= 4 is 39.7 Å². The fourth-order valence-corrected chi connectivity index (χ4v) is 3.45. The normalized spacial score (nSPS) is 10.6. The summed E-state index contributed by atoms with van der Waals surface area (Å²) in [5.74, 6) is -0.874. The molecule has 0 radical (unpaired) electrons. The van der Waals surface area contributed by atoms with Gasteiger partial charge in [-0.15, -0.1) is 11.3 Å². The summed E-state index contributed by atoms with van der Waals surface area (Å²) in [6.07, 6.45) is -0.0573. The van der Waals surface area contributed by atoms with Crippen molar-refractivity contribution in [2.24, 2.45) is 0 Å². The average Bonchev–Trinajstić information content (AvgIpc) is 2.93. The average molecular weight is 359 g/mol. The molecule has 0 bridgehead atoms. The summed E-state index contributed by atoms with van der Waals surface area (Å²) in [5, 5.41) is 13.7.